The number of rotatable bonds is 6. The van der Waals surface area contributed by atoms with Gasteiger partial charge in [-0.3, -0.25) is 0 Å². The van der Waals surface area contributed by atoms with Gasteiger partial charge in [0.1, 0.15) is 5.22 Å². The van der Waals surface area contributed by atoms with Gasteiger partial charge in [-0.05, 0) is 47.5 Å². The van der Waals surface area contributed by atoms with Gasteiger partial charge in [0.15, 0.2) is 9.76 Å². The predicted octanol–water partition coefficient (Wildman–Crippen LogP) is 2.60. The smallest absolute Gasteiger partial charge is 0.198 e. The minimum Gasteiger partial charge on any atom is -0.416 e. The van der Waals surface area contributed by atoms with E-state index >= 15 is 0 Å². The van der Waals surface area contributed by atoms with Crippen LogP contribution in [0.25, 0.3) is 0 Å². The molecule has 0 N–H and O–H groups in total. The van der Waals surface area contributed by atoms with E-state index in [2.05, 4.69) is 34.6 Å². The monoisotopic (exact) mass is 274 g/mol. The second kappa shape index (κ2) is 7.03. The first-order valence-corrected chi connectivity index (χ1v) is 8.61. The quantitative estimate of drug-likeness (QED) is 0.697. The van der Waals surface area contributed by atoms with E-state index in [4.69, 9.17) is 13.9 Å². The average Bonchev–Trinajstić information content (AvgIpc) is 2.29. The van der Waals surface area contributed by atoms with Crippen molar-refractivity contribution in [2.45, 2.75) is 77.2 Å². The first-order valence-electron chi connectivity index (χ1n) is 7.33. The second-order valence-corrected chi connectivity index (χ2v) is 7.86. The highest BCUT2D eigenvalue weighted by Gasteiger charge is 2.44. The summed E-state index contributed by atoms with van der Waals surface area (Å²) < 4.78 is 18.2. The van der Waals surface area contributed by atoms with Crippen LogP contribution in [-0.2, 0) is 13.9 Å². The minimum absolute atomic E-state index is 0.0649. The van der Waals surface area contributed by atoms with E-state index in [0.29, 0.717) is 0 Å². The molecule has 1 aliphatic carbocycles. The molecule has 1 rings (SSSR count). The zero-order valence-corrected chi connectivity index (χ0v) is 14.2. The van der Waals surface area contributed by atoms with Gasteiger partial charge in [0.05, 0.1) is 6.10 Å². The van der Waals surface area contributed by atoms with Crippen LogP contribution in [0.3, 0.4) is 0 Å². The fourth-order valence-corrected chi connectivity index (χ4v) is 4.48. The molecule has 0 amide bonds. The normalized spacial score (nSPS) is 30.2. The highest BCUT2D eigenvalue weighted by molar-refractivity contribution is 6.32. The summed E-state index contributed by atoms with van der Waals surface area (Å²) in [6, 6.07) is 0. The summed E-state index contributed by atoms with van der Waals surface area (Å²) in [7, 11) is -0.771. The van der Waals surface area contributed by atoms with Crippen LogP contribution in [0.4, 0.5) is 0 Å². The van der Waals surface area contributed by atoms with Gasteiger partial charge in [0.2, 0.25) is 0 Å². The maximum absolute atomic E-state index is 6.14. The third-order valence-electron chi connectivity index (χ3n) is 3.45. The molecule has 4 heteroatoms. The molecule has 1 fully saturated rings. The zero-order valence-electron chi connectivity index (χ0n) is 12.8. The summed E-state index contributed by atoms with van der Waals surface area (Å²) in [6.07, 6.45) is 4.96. The Labute approximate surface area is 115 Å². The van der Waals surface area contributed by atoms with Gasteiger partial charge in [-0.15, -0.1) is 0 Å². The van der Waals surface area contributed by atoms with Gasteiger partial charge in [0, 0.05) is 18.8 Å². The lowest BCUT2D eigenvalue weighted by Crippen LogP contribution is -2.55. The molecule has 2 unspecified atom stereocenters. The third kappa shape index (κ3) is 4.65. The lowest BCUT2D eigenvalue weighted by atomic mass is 9.93. The first kappa shape index (κ1) is 16.2. The van der Waals surface area contributed by atoms with Crippen LogP contribution in [0.1, 0.15) is 60.3 Å². The molecule has 0 bridgehead atoms. The Kier molecular flexibility index (Phi) is 6.31. The SMILES string of the molecule is CCOC1CCCCC1(OCC)[SiH2]OC(C)(C)C. The van der Waals surface area contributed by atoms with Crippen LogP contribution < -0.4 is 0 Å². The summed E-state index contributed by atoms with van der Waals surface area (Å²) in [5, 5.41) is -0.101. The fraction of sp³-hybridized carbons (Fsp3) is 1.00. The molecular weight excluding hydrogens is 244 g/mol. The lowest BCUT2D eigenvalue weighted by Gasteiger charge is -2.44. The molecule has 0 aromatic heterocycles. The molecule has 0 aromatic rings. The molecule has 18 heavy (non-hydrogen) atoms. The molecule has 2 atom stereocenters. The van der Waals surface area contributed by atoms with Crippen molar-refractivity contribution in [1.29, 1.82) is 0 Å². The molecule has 1 saturated carbocycles. The van der Waals surface area contributed by atoms with Crippen molar-refractivity contribution in [3.8, 4) is 0 Å². The maximum atomic E-state index is 6.14. The molecular formula is C14H30O3Si. The second-order valence-electron chi connectivity index (χ2n) is 6.09. The summed E-state index contributed by atoms with van der Waals surface area (Å²) in [5.41, 5.74) is -0.0649. The van der Waals surface area contributed by atoms with E-state index in [1.807, 2.05) is 0 Å². The van der Waals surface area contributed by atoms with Crippen molar-refractivity contribution in [3.63, 3.8) is 0 Å². The van der Waals surface area contributed by atoms with E-state index in [0.717, 1.165) is 26.1 Å². The summed E-state index contributed by atoms with van der Waals surface area (Å²) in [4.78, 5) is 0. The van der Waals surface area contributed by atoms with Crippen LogP contribution in [0.5, 0.6) is 0 Å². The van der Waals surface area contributed by atoms with Gasteiger partial charge in [0.25, 0.3) is 0 Å². The van der Waals surface area contributed by atoms with Gasteiger partial charge in [-0.1, -0.05) is 12.8 Å². The van der Waals surface area contributed by atoms with Gasteiger partial charge in [-0.25, -0.2) is 0 Å². The largest absolute Gasteiger partial charge is 0.416 e. The number of hydrogen-bond donors (Lipinski definition) is 0. The summed E-state index contributed by atoms with van der Waals surface area (Å²) >= 11 is 0. The Morgan fingerprint density at radius 2 is 1.89 bits per heavy atom. The van der Waals surface area contributed by atoms with E-state index in [-0.39, 0.29) is 16.9 Å². The van der Waals surface area contributed by atoms with E-state index in [1.165, 1.54) is 12.8 Å². The Morgan fingerprint density at radius 3 is 2.44 bits per heavy atom. The molecule has 0 aliphatic heterocycles. The molecule has 0 saturated heterocycles. The fourth-order valence-electron chi connectivity index (χ4n) is 2.61. The van der Waals surface area contributed by atoms with E-state index in [9.17, 15) is 0 Å². The number of ether oxygens (including phenoxy) is 2. The van der Waals surface area contributed by atoms with Gasteiger partial charge >= 0.3 is 0 Å². The lowest BCUT2D eigenvalue weighted by molar-refractivity contribution is -0.124. The first-order chi connectivity index (χ1) is 8.43. The van der Waals surface area contributed by atoms with Crippen LogP contribution in [0.15, 0.2) is 0 Å². The summed E-state index contributed by atoms with van der Waals surface area (Å²) in [6.45, 7) is 12.0. The Morgan fingerprint density at radius 1 is 1.17 bits per heavy atom. The minimum atomic E-state index is -0.771. The molecule has 0 aromatic carbocycles. The van der Waals surface area contributed by atoms with Crippen molar-refractivity contribution < 1.29 is 13.9 Å². The van der Waals surface area contributed by atoms with Crippen molar-refractivity contribution in [1.82, 2.24) is 0 Å². The molecule has 1 aliphatic rings. The van der Waals surface area contributed by atoms with Crippen LogP contribution in [0.2, 0.25) is 0 Å². The molecule has 108 valence electrons. The van der Waals surface area contributed by atoms with E-state index < -0.39 is 9.76 Å². The summed E-state index contributed by atoms with van der Waals surface area (Å²) in [5.74, 6) is 0. The Hall–Kier alpha value is 0.0969. The molecule has 3 nitrogen and oxygen atoms in total. The van der Waals surface area contributed by atoms with Crippen LogP contribution in [-0.4, -0.2) is 39.9 Å². The van der Waals surface area contributed by atoms with Crippen molar-refractivity contribution >= 4 is 9.76 Å². The molecule has 0 spiro atoms. The van der Waals surface area contributed by atoms with Crippen molar-refractivity contribution in [2.75, 3.05) is 13.2 Å². The van der Waals surface area contributed by atoms with Crippen LogP contribution >= 0.6 is 0 Å². The Bertz CT molecular complexity index is 234. The van der Waals surface area contributed by atoms with E-state index in [1.54, 1.807) is 0 Å². The Balaban J connectivity index is 2.73. The standard InChI is InChI=1S/C14H30O3Si/c1-6-15-12-10-8-9-11-14(12,16-7-2)18-17-13(3,4)5/h12H,6-11,18H2,1-5H3. The molecule has 0 heterocycles. The van der Waals surface area contributed by atoms with Crippen molar-refractivity contribution in [3.05, 3.63) is 0 Å². The number of hydrogen-bond acceptors (Lipinski definition) is 3. The van der Waals surface area contributed by atoms with Crippen LogP contribution in [0, 0.1) is 0 Å². The third-order valence-corrected chi connectivity index (χ3v) is 5.96. The molecule has 0 radical (unpaired) electrons. The predicted molar refractivity (Wildman–Crippen MR) is 77.6 cm³/mol. The highest BCUT2D eigenvalue weighted by atomic mass is 28.2. The zero-order chi connectivity index (χ0) is 13.6. The van der Waals surface area contributed by atoms with Crippen molar-refractivity contribution in [2.24, 2.45) is 0 Å². The average molecular weight is 274 g/mol. The maximum Gasteiger partial charge on any atom is 0.198 e. The topological polar surface area (TPSA) is 27.7 Å². The van der Waals surface area contributed by atoms with Gasteiger partial charge < -0.3 is 13.9 Å². The highest BCUT2D eigenvalue weighted by Crippen LogP contribution is 2.34. The van der Waals surface area contributed by atoms with Gasteiger partial charge in [-0.2, -0.15) is 0 Å².